The number of nitrogens with two attached hydrogens (primary N) is 1. The van der Waals surface area contributed by atoms with Crippen LogP contribution in [0.2, 0.25) is 5.02 Å². The van der Waals surface area contributed by atoms with Crippen LogP contribution in [0.3, 0.4) is 0 Å². The lowest BCUT2D eigenvalue weighted by Crippen LogP contribution is -2.36. The molecular weight excluding hydrogens is 224 g/mol. The van der Waals surface area contributed by atoms with Crippen molar-refractivity contribution in [1.29, 1.82) is 0 Å². The number of benzene rings is 1. The van der Waals surface area contributed by atoms with Gasteiger partial charge in [-0.15, -0.1) is 0 Å². The SMILES string of the molecule is CC(C)CN=C(NN)Nc1ccc(Cl)cc1. The van der Waals surface area contributed by atoms with E-state index < -0.39 is 0 Å². The van der Waals surface area contributed by atoms with Gasteiger partial charge in [0, 0.05) is 17.3 Å². The molecule has 0 amide bonds. The van der Waals surface area contributed by atoms with Gasteiger partial charge < -0.3 is 5.32 Å². The van der Waals surface area contributed by atoms with Crippen LogP contribution in [0.25, 0.3) is 0 Å². The molecule has 0 aliphatic heterocycles. The van der Waals surface area contributed by atoms with Crippen LogP contribution in [0.1, 0.15) is 13.8 Å². The third-order valence-corrected chi connectivity index (χ3v) is 2.11. The molecule has 0 bridgehead atoms. The molecule has 5 heteroatoms. The molecule has 1 aromatic rings. The first-order valence-corrected chi connectivity index (χ1v) is 5.53. The molecule has 0 aromatic heterocycles. The van der Waals surface area contributed by atoms with E-state index in [9.17, 15) is 0 Å². The number of halogens is 1. The Bertz CT molecular complexity index is 346. The minimum atomic E-state index is 0.496. The van der Waals surface area contributed by atoms with E-state index >= 15 is 0 Å². The van der Waals surface area contributed by atoms with Gasteiger partial charge in [-0.2, -0.15) is 0 Å². The predicted molar refractivity (Wildman–Crippen MR) is 69.5 cm³/mol. The summed E-state index contributed by atoms with van der Waals surface area (Å²) in [5.41, 5.74) is 3.42. The van der Waals surface area contributed by atoms with Gasteiger partial charge in [0.2, 0.25) is 5.96 Å². The zero-order chi connectivity index (χ0) is 12.0. The minimum Gasteiger partial charge on any atom is -0.325 e. The minimum absolute atomic E-state index is 0.496. The van der Waals surface area contributed by atoms with Gasteiger partial charge in [-0.05, 0) is 30.2 Å². The standard InChI is InChI=1S/C11H17ClN4/c1-8(2)7-14-11(16-13)15-10-5-3-9(12)4-6-10/h3-6,8H,7,13H2,1-2H3,(H2,14,15,16). The topological polar surface area (TPSA) is 62.4 Å². The molecule has 0 aliphatic carbocycles. The maximum Gasteiger partial charge on any atom is 0.210 e. The van der Waals surface area contributed by atoms with Gasteiger partial charge in [0.25, 0.3) is 0 Å². The molecule has 88 valence electrons. The summed E-state index contributed by atoms with van der Waals surface area (Å²) in [4.78, 5) is 4.30. The monoisotopic (exact) mass is 240 g/mol. The van der Waals surface area contributed by atoms with Crippen LogP contribution in [-0.4, -0.2) is 12.5 Å². The fourth-order valence-corrected chi connectivity index (χ4v) is 1.19. The largest absolute Gasteiger partial charge is 0.325 e. The summed E-state index contributed by atoms with van der Waals surface area (Å²) in [6.45, 7) is 4.92. The molecule has 4 nitrogen and oxygen atoms in total. The summed E-state index contributed by atoms with van der Waals surface area (Å²) in [6, 6.07) is 7.34. The number of guanidine groups is 1. The average molecular weight is 241 g/mol. The summed E-state index contributed by atoms with van der Waals surface area (Å²) in [7, 11) is 0. The Kier molecular flexibility index (Phi) is 5.08. The lowest BCUT2D eigenvalue weighted by atomic mass is 10.2. The molecule has 0 atom stereocenters. The van der Waals surface area contributed by atoms with Gasteiger partial charge in [-0.3, -0.25) is 10.4 Å². The normalized spacial score (nSPS) is 11.7. The first-order chi connectivity index (χ1) is 7.61. The van der Waals surface area contributed by atoms with E-state index in [1.54, 1.807) is 12.1 Å². The van der Waals surface area contributed by atoms with Crippen molar-refractivity contribution in [3.05, 3.63) is 29.3 Å². The van der Waals surface area contributed by atoms with Crippen LogP contribution in [-0.2, 0) is 0 Å². The Labute approximate surface area is 101 Å². The van der Waals surface area contributed by atoms with E-state index in [1.165, 1.54) is 0 Å². The van der Waals surface area contributed by atoms with Crippen molar-refractivity contribution in [3.8, 4) is 0 Å². The summed E-state index contributed by atoms with van der Waals surface area (Å²) in [6.07, 6.45) is 0. The summed E-state index contributed by atoms with van der Waals surface area (Å²) in [5.74, 6) is 6.41. The number of anilines is 1. The molecule has 0 radical (unpaired) electrons. The van der Waals surface area contributed by atoms with E-state index in [-0.39, 0.29) is 0 Å². The van der Waals surface area contributed by atoms with E-state index in [4.69, 9.17) is 17.4 Å². The van der Waals surface area contributed by atoms with Crippen LogP contribution in [0.15, 0.2) is 29.3 Å². The van der Waals surface area contributed by atoms with Gasteiger partial charge in [-0.25, -0.2) is 5.84 Å². The van der Waals surface area contributed by atoms with Crippen LogP contribution >= 0.6 is 11.6 Å². The van der Waals surface area contributed by atoms with Crippen molar-refractivity contribution in [2.45, 2.75) is 13.8 Å². The Morgan fingerprint density at radius 2 is 2.00 bits per heavy atom. The van der Waals surface area contributed by atoms with Crippen LogP contribution in [0.4, 0.5) is 5.69 Å². The molecule has 0 fully saturated rings. The maximum atomic E-state index is 5.79. The van der Waals surface area contributed by atoms with Gasteiger partial charge in [0.1, 0.15) is 0 Å². The van der Waals surface area contributed by atoms with E-state index in [0.717, 1.165) is 12.2 Å². The second-order valence-corrected chi connectivity index (χ2v) is 4.30. The molecule has 0 saturated heterocycles. The lowest BCUT2D eigenvalue weighted by molar-refractivity contribution is 0.663. The highest BCUT2D eigenvalue weighted by Crippen LogP contribution is 2.13. The third-order valence-electron chi connectivity index (χ3n) is 1.86. The molecular formula is C11H17ClN4. The number of hydrogen-bond acceptors (Lipinski definition) is 2. The van der Waals surface area contributed by atoms with Crippen LogP contribution in [0.5, 0.6) is 0 Å². The van der Waals surface area contributed by atoms with E-state index in [1.807, 2.05) is 12.1 Å². The van der Waals surface area contributed by atoms with Gasteiger partial charge in [-0.1, -0.05) is 25.4 Å². The second-order valence-electron chi connectivity index (χ2n) is 3.86. The Morgan fingerprint density at radius 3 is 2.50 bits per heavy atom. The Morgan fingerprint density at radius 1 is 1.38 bits per heavy atom. The average Bonchev–Trinajstić information content (AvgIpc) is 2.26. The van der Waals surface area contributed by atoms with Gasteiger partial charge in [0.05, 0.1) is 0 Å². The number of rotatable bonds is 3. The number of nitrogens with one attached hydrogen (secondary N) is 2. The highest BCUT2D eigenvalue weighted by atomic mass is 35.5. The molecule has 16 heavy (non-hydrogen) atoms. The maximum absolute atomic E-state index is 5.79. The number of nitrogens with zero attached hydrogens (tertiary/aromatic N) is 1. The zero-order valence-electron chi connectivity index (χ0n) is 9.50. The molecule has 0 aliphatic rings. The Hall–Kier alpha value is -1.26. The third kappa shape index (κ3) is 4.51. The highest BCUT2D eigenvalue weighted by Gasteiger charge is 1.98. The van der Waals surface area contributed by atoms with Crippen molar-refractivity contribution in [2.75, 3.05) is 11.9 Å². The quantitative estimate of drug-likeness (QED) is 0.329. The van der Waals surface area contributed by atoms with Crippen molar-refractivity contribution in [1.82, 2.24) is 5.43 Å². The number of hydrogen-bond donors (Lipinski definition) is 3. The fourth-order valence-electron chi connectivity index (χ4n) is 1.07. The molecule has 0 unspecified atom stereocenters. The zero-order valence-corrected chi connectivity index (χ0v) is 10.3. The number of aliphatic imine (C=N–C) groups is 1. The smallest absolute Gasteiger partial charge is 0.210 e. The summed E-state index contributed by atoms with van der Waals surface area (Å²) in [5, 5.41) is 3.77. The van der Waals surface area contributed by atoms with Crippen molar-refractivity contribution < 1.29 is 0 Å². The molecule has 4 N–H and O–H groups in total. The molecule has 1 aromatic carbocycles. The molecule has 0 saturated carbocycles. The first kappa shape index (κ1) is 12.8. The van der Waals surface area contributed by atoms with Crippen LogP contribution in [0, 0.1) is 5.92 Å². The lowest BCUT2D eigenvalue weighted by Gasteiger charge is -2.09. The van der Waals surface area contributed by atoms with E-state index in [0.29, 0.717) is 16.9 Å². The van der Waals surface area contributed by atoms with Gasteiger partial charge in [0.15, 0.2) is 0 Å². The summed E-state index contributed by atoms with van der Waals surface area (Å²) < 4.78 is 0. The molecule has 0 heterocycles. The predicted octanol–water partition coefficient (Wildman–Crippen LogP) is 2.23. The molecule has 0 spiro atoms. The van der Waals surface area contributed by atoms with Gasteiger partial charge >= 0.3 is 0 Å². The van der Waals surface area contributed by atoms with E-state index in [2.05, 4.69) is 29.6 Å². The van der Waals surface area contributed by atoms with Crippen molar-refractivity contribution in [2.24, 2.45) is 16.8 Å². The summed E-state index contributed by atoms with van der Waals surface area (Å²) >= 11 is 5.79. The molecule has 1 rings (SSSR count). The first-order valence-electron chi connectivity index (χ1n) is 5.15. The van der Waals surface area contributed by atoms with Crippen LogP contribution < -0.4 is 16.6 Å². The number of hydrazine groups is 1. The Balaban J connectivity index is 2.62. The van der Waals surface area contributed by atoms with Crippen molar-refractivity contribution >= 4 is 23.2 Å². The second kappa shape index (κ2) is 6.35. The highest BCUT2D eigenvalue weighted by molar-refractivity contribution is 6.30. The van der Waals surface area contributed by atoms with Crippen molar-refractivity contribution in [3.63, 3.8) is 0 Å². The fraction of sp³-hybridized carbons (Fsp3) is 0.364.